The van der Waals surface area contributed by atoms with Gasteiger partial charge in [-0.1, -0.05) is 294 Å². The summed E-state index contributed by atoms with van der Waals surface area (Å²) in [7, 11) is 1.18. The van der Waals surface area contributed by atoms with Gasteiger partial charge in [-0.2, -0.15) is 0 Å². The second kappa shape index (κ2) is 62.8. The van der Waals surface area contributed by atoms with Gasteiger partial charge in [-0.25, -0.2) is 0 Å². The molecule has 3 unspecified atom stereocenters. The molecule has 0 aliphatic rings. The van der Waals surface area contributed by atoms with E-state index in [0.29, 0.717) is 17.4 Å². The summed E-state index contributed by atoms with van der Waals surface area (Å²) in [5.74, 6) is -0.543. The van der Waals surface area contributed by atoms with Crippen molar-refractivity contribution >= 4 is 19.7 Å². The molecule has 0 aromatic heterocycles. The summed E-state index contributed by atoms with van der Waals surface area (Å²) in [6.07, 6.45) is 80.5. The molecule has 83 heavy (non-hydrogen) atoms. The molecule has 9 nitrogen and oxygen atoms in total. The lowest BCUT2D eigenvalue weighted by molar-refractivity contribution is -0.870. The van der Waals surface area contributed by atoms with Crippen molar-refractivity contribution in [2.45, 2.75) is 354 Å². The van der Waals surface area contributed by atoms with Crippen LogP contribution in [0.4, 0.5) is 0 Å². The lowest BCUT2D eigenvalue weighted by Gasteiger charge is -2.30. The van der Waals surface area contributed by atoms with E-state index >= 15 is 0 Å². The number of carbonyl (C=O) groups is 2. The highest BCUT2D eigenvalue weighted by molar-refractivity contribution is 7.45. The first-order valence-corrected chi connectivity index (χ1v) is 37.1. The van der Waals surface area contributed by atoms with Crippen molar-refractivity contribution in [2.75, 3.05) is 40.9 Å². The van der Waals surface area contributed by atoms with E-state index in [2.05, 4.69) is 74.7 Å². The molecule has 0 radical (unpaired) electrons. The summed E-state index contributed by atoms with van der Waals surface area (Å²) in [5.41, 5.74) is 0. The molecule has 1 N–H and O–H groups in total. The van der Waals surface area contributed by atoms with E-state index < -0.39 is 26.6 Å². The van der Waals surface area contributed by atoms with Gasteiger partial charge < -0.3 is 28.5 Å². The Bertz CT molecular complexity index is 1600. The second-order valence-electron chi connectivity index (χ2n) is 25.4. The minimum absolute atomic E-state index is 0.0251. The SMILES string of the molecule is CCCCC/C=C\C/C=C\C/C=C\CCCCCCCCC(=O)NC(COP(=O)([O-])OCC[N+](C)(C)C)C(/C=C\CCCCCCCCCCCCC)OC(=O)CCCCCCCCCCCCCCCCC/C=C/CCCCCCCC. The fraction of sp³-hybridized carbons (Fsp3) is 0.836. The average Bonchev–Trinajstić information content (AvgIpc) is 3.47. The molecule has 0 saturated carbocycles. The van der Waals surface area contributed by atoms with Crippen LogP contribution < -0.4 is 10.2 Å². The average molecular weight is 1190 g/mol. The van der Waals surface area contributed by atoms with E-state index in [1.165, 1.54) is 212 Å². The van der Waals surface area contributed by atoms with Crippen molar-refractivity contribution in [2.24, 2.45) is 0 Å². The van der Waals surface area contributed by atoms with Gasteiger partial charge in [-0.05, 0) is 96.0 Å². The number of likely N-dealkylation sites (N-methyl/N-ethyl adjacent to an activating group) is 1. The van der Waals surface area contributed by atoms with Crippen LogP contribution in [0.5, 0.6) is 0 Å². The van der Waals surface area contributed by atoms with Crippen molar-refractivity contribution in [1.29, 1.82) is 0 Å². The van der Waals surface area contributed by atoms with Gasteiger partial charge in [0.05, 0.1) is 33.8 Å². The molecule has 0 aromatic carbocycles. The maximum absolute atomic E-state index is 13.6. The molecule has 0 bridgehead atoms. The summed E-state index contributed by atoms with van der Waals surface area (Å²) in [4.78, 5) is 40.2. The topological polar surface area (TPSA) is 114 Å². The van der Waals surface area contributed by atoms with Crippen LogP contribution in [-0.4, -0.2) is 69.4 Å². The Labute approximate surface area is 515 Å². The van der Waals surface area contributed by atoms with Crippen molar-refractivity contribution in [3.8, 4) is 0 Å². The fourth-order valence-electron chi connectivity index (χ4n) is 10.4. The minimum Gasteiger partial charge on any atom is -0.756 e. The van der Waals surface area contributed by atoms with Crippen LogP contribution in [0.15, 0.2) is 60.8 Å². The molecule has 0 aromatic rings. The molecule has 0 aliphatic heterocycles. The van der Waals surface area contributed by atoms with Gasteiger partial charge in [-0.3, -0.25) is 14.2 Å². The first-order valence-electron chi connectivity index (χ1n) is 35.6. The highest BCUT2D eigenvalue weighted by atomic mass is 31.2. The van der Waals surface area contributed by atoms with E-state index in [9.17, 15) is 19.0 Å². The molecule has 1 amide bonds. The molecule has 0 spiro atoms. The van der Waals surface area contributed by atoms with Crippen LogP contribution >= 0.6 is 7.82 Å². The number of hydrogen-bond donors (Lipinski definition) is 1. The van der Waals surface area contributed by atoms with E-state index in [1.54, 1.807) is 0 Å². The van der Waals surface area contributed by atoms with Crippen LogP contribution in [0.2, 0.25) is 0 Å². The van der Waals surface area contributed by atoms with Crippen molar-refractivity contribution < 1.29 is 37.3 Å². The van der Waals surface area contributed by atoms with E-state index in [4.69, 9.17) is 13.8 Å². The number of allylic oxidation sites excluding steroid dienone is 9. The second-order valence-corrected chi connectivity index (χ2v) is 26.8. The minimum atomic E-state index is -4.71. The number of phosphoric ester groups is 1. The highest BCUT2D eigenvalue weighted by Gasteiger charge is 2.27. The number of nitrogens with zero attached hydrogens (tertiary/aromatic N) is 1. The van der Waals surface area contributed by atoms with Gasteiger partial charge in [0.15, 0.2) is 0 Å². The molecule has 0 rings (SSSR count). The third-order valence-corrected chi connectivity index (χ3v) is 16.9. The Morgan fingerprint density at radius 2 is 0.735 bits per heavy atom. The highest BCUT2D eigenvalue weighted by Crippen LogP contribution is 2.38. The first kappa shape index (κ1) is 80.7. The molecule has 0 saturated heterocycles. The number of hydrogen-bond acceptors (Lipinski definition) is 7. The molecule has 3 atom stereocenters. The molecule has 0 fully saturated rings. The largest absolute Gasteiger partial charge is 0.756 e. The van der Waals surface area contributed by atoms with Crippen LogP contribution in [0.3, 0.4) is 0 Å². The van der Waals surface area contributed by atoms with Crippen molar-refractivity contribution in [3.05, 3.63) is 60.8 Å². The number of carbonyl (C=O) groups excluding carboxylic acids is 2. The third kappa shape index (κ3) is 64.0. The zero-order chi connectivity index (χ0) is 60.7. The van der Waals surface area contributed by atoms with Crippen molar-refractivity contribution in [1.82, 2.24) is 5.32 Å². The van der Waals surface area contributed by atoms with Gasteiger partial charge in [0.1, 0.15) is 19.3 Å². The maximum Gasteiger partial charge on any atom is 0.306 e. The lowest BCUT2D eigenvalue weighted by atomic mass is 10.0. The summed E-state index contributed by atoms with van der Waals surface area (Å²) >= 11 is 0. The number of ether oxygens (including phenoxy) is 1. The van der Waals surface area contributed by atoms with Gasteiger partial charge in [0.2, 0.25) is 5.91 Å². The lowest BCUT2D eigenvalue weighted by Crippen LogP contribution is -2.47. The van der Waals surface area contributed by atoms with Gasteiger partial charge >= 0.3 is 5.97 Å². The molecule has 10 heteroatoms. The van der Waals surface area contributed by atoms with E-state index in [-0.39, 0.29) is 24.9 Å². The molecular weight excluding hydrogens is 1050 g/mol. The van der Waals surface area contributed by atoms with E-state index in [1.807, 2.05) is 33.3 Å². The summed E-state index contributed by atoms with van der Waals surface area (Å²) in [6, 6.07) is -0.896. The molecule has 0 aliphatic carbocycles. The predicted octanol–water partition coefficient (Wildman–Crippen LogP) is 21.9. The summed E-state index contributed by atoms with van der Waals surface area (Å²) in [6.45, 7) is 6.84. The first-order chi connectivity index (χ1) is 40.4. The van der Waals surface area contributed by atoms with Crippen molar-refractivity contribution in [3.63, 3.8) is 0 Å². The summed E-state index contributed by atoms with van der Waals surface area (Å²) < 4.78 is 30.5. The number of phosphoric acid groups is 1. The predicted molar refractivity (Wildman–Crippen MR) is 358 cm³/mol. The Morgan fingerprint density at radius 1 is 0.422 bits per heavy atom. The Kier molecular flexibility index (Phi) is 61.0. The quantitative estimate of drug-likeness (QED) is 0.0212. The zero-order valence-corrected chi connectivity index (χ0v) is 56.6. The number of unbranched alkanes of at least 4 members (excludes halogenated alkanes) is 41. The molecule has 0 heterocycles. The maximum atomic E-state index is 13.6. The van der Waals surface area contributed by atoms with Crippen LogP contribution in [0, 0.1) is 0 Å². The number of esters is 1. The fourth-order valence-corrected chi connectivity index (χ4v) is 11.1. The number of nitrogens with one attached hydrogen (secondary N) is 1. The Hall–Kier alpha value is -2.29. The monoisotopic (exact) mass is 1190 g/mol. The van der Waals surface area contributed by atoms with Gasteiger partial charge in [-0.15, -0.1) is 0 Å². The normalized spacial score (nSPS) is 13.9. The number of rotatable bonds is 65. The zero-order valence-electron chi connectivity index (χ0n) is 55.7. The van der Waals surface area contributed by atoms with Crippen LogP contribution in [0.25, 0.3) is 0 Å². The third-order valence-electron chi connectivity index (χ3n) is 15.9. The number of quaternary nitrogens is 1. The molecular formula is C73H137N2O7P. The summed E-state index contributed by atoms with van der Waals surface area (Å²) in [5, 5.41) is 3.04. The van der Waals surface area contributed by atoms with Crippen LogP contribution in [-0.2, 0) is 27.9 Å². The van der Waals surface area contributed by atoms with Gasteiger partial charge in [0.25, 0.3) is 7.82 Å². The smallest absolute Gasteiger partial charge is 0.306 e. The molecule has 486 valence electrons. The van der Waals surface area contributed by atoms with Crippen LogP contribution in [0.1, 0.15) is 342 Å². The Balaban J connectivity index is 5.10. The van der Waals surface area contributed by atoms with E-state index in [0.717, 1.165) is 96.3 Å². The standard InChI is InChI=1S/C73H137N2O7P/c1-7-10-13-16-19-22-25-28-30-32-34-35-36-37-38-39-41-43-45-48-51-54-57-60-63-66-73(77)82-71(64-61-58-55-52-49-46-27-24-21-18-15-12-9-3)70(69-81-83(78,79)80-68-67-75(4,5)6)74-72(76)65-62-59-56-53-50-47-44-42-40-33-31-29-26-23-20-17-14-11-8-2/h20,23,28-31,40,42,61,64,70-71H,7-19,21-22,24-27,32-39,41,43-60,62-63,65-69H2,1-6H3,(H-,74,76,78,79)/b23-20-,30-28+,31-29-,42-40-,64-61-. The number of amides is 1. The van der Waals surface area contributed by atoms with Gasteiger partial charge in [0, 0.05) is 12.8 Å². The Morgan fingerprint density at radius 3 is 1.13 bits per heavy atom.